The molecule has 0 unspecified atom stereocenters. The molecule has 6 heteroatoms. The molecule has 1 amide bonds. The minimum atomic E-state index is -0.247. The van der Waals surface area contributed by atoms with E-state index in [1.165, 1.54) is 12.8 Å². The van der Waals surface area contributed by atoms with Crippen LogP contribution in [-0.2, 0) is 6.54 Å². The first-order valence-electron chi connectivity index (χ1n) is 7.61. The third-order valence-corrected chi connectivity index (χ3v) is 3.99. The summed E-state index contributed by atoms with van der Waals surface area (Å²) in [6.07, 6.45) is 3.93. The molecule has 1 N–H and O–H groups in total. The molecule has 0 aliphatic carbocycles. The predicted molar refractivity (Wildman–Crippen MR) is 82.5 cm³/mol. The van der Waals surface area contributed by atoms with Crippen LogP contribution in [0.5, 0.6) is 0 Å². The van der Waals surface area contributed by atoms with Gasteiger partial charge in [0.25, 0.3) is 5.91 Å². The van der Waals surface area contributed by atoms with Crippen LogP contribution in [0.1, 0.15) is 36.0 Å². The minimum absolute atomic E-state index is 0.247. The predicted octanol–water partition coefficient (Wildman–Crippen LogP) is 2.24. The van der Waals surface area contributed by atoms with Crippen molar-refractivity contribution in [3.05, 3.63) is 42.0 Å². The van der Waals surface area contributed by atoms with Gasteiger partial charge in [-0.05, 0) is 43.0 Å². The highest BCUT2D eigenvalue weighted by atomic mass is 16.3. The van der Waals surface area contributed by atoms with Crippen molar-refractivity contribution >= 4 is 11.7 Å². The number of carbonyl (C=O) groups excluding carboxylic acids is 1. The molecule has 0 radical (unpaired) electrons. The summed E-state index contributed by atoms with van der Waals surface area (Å²) < 4.78 is 5.17. The van der Waals surface area contributed by atoms with Crippen molar-refractivity contribution in [3.63, 3.8) is 0 Å². The first-order valence-corrected chi connectivity index (χ1v) is 7.61. The van der Waals surface area contributed by atoms with Gasteiger partial charge >= 0.3 is 0 Å². The first-order chi connectivity index (χ1) is 10.7. The van der Waals surface area contributed by atoms with E-state index in [1.54, 1.807) is 18.4 Å². The maximum absolute atomic E-state index is 12.0. The average Bonchev–Trinajstić information content (AvgIpc) is 3.07. The molecule has 0 spiro atoms. The summed E-state index contributed by atoms with van der Waals surface area (Å²) in [4.78, 5) is 14.2. The van der Waals surface area contributed by atoms with Gasteiger partial charge < -0.3 is 14.6 Å². The Balaban J connectivity index is 1.57. The summed E-state index contributed by atoms with van der Waals surface area (Å²) in [7, 11) is 0. The highest BCUT2D eigenvalue weighted by molar-refractivity contribution is 5.92. The summed E-state index contributed by atoms with van der Waals surface area (Å²) in [6, 6.07) is 7.19. The van der Waals surface area contributed by atoms with E-state index >= 15 is 0 Å². The van der Waals surface area contributed by atoms with Crippen LogP contribution in [-0.4, -0.2) is 29.2 Å². The Hall–Kier alpha value is -2.37. The highest BCUT2D eigenvalue weighted by Crippen LogP contribution is 2.20. The van der Waals surface area contributed by atoms with E-state index in [2.05, 4.69) is 27.3 Å². The number of carbonyl (C=O) groups is 1. The van der Waals surface area contributed by atoms with E-state index in [9.17, 15) is 4.79 Å². The van der Waals surface area contributed by atoms with Gasteiger partial charge in [-0.1, -0.05) is 6.92 Å². The largest absolute Gasteiger partial charge is 0.467 e. The molecule has 2 aromatic heterocycles. The molecule has 1 aliphatic heterocycles. The van der Waals surface area contributed by atoms with E-state index in [0.717, 1.165) is 24.8 Å². The zero-order chi connectivity index (χ0) is 15.4. The van der Waals surface area contributed by atoms with Crippen molar-refractivity contribution in [1.82, 2.24) is 15.5 Å². The normalized spacial score (nSPS) is 15.8. The molecular weight excluding hydrogens is 280 g/mol. The molecule has 0 aromatic carbocycles. The van der Waals surface area contributed by atoms with Crippen LogP contribution < -0.4 is 10.2 Å². The highest BCUT2D eigenvalue weighted by Gasteiger charge is 2.18. The number of nitrogens with zero attached hydrogens (tertiary/aromatic N) is 3. The fraction of sp³-hybridized carbons (Fsp3) is 0.438. The Bertz CT molecular complexity index is 602. The molecule has 3 rings (SSSR count). The van der Waals surface area contributed by atoms with Crippen molar-refractivity contribution in [3.8, 4) is 0 Å². The van der Waals surface area contributed by atoms with Crippen LogP contribution in [0.4, 0.5) is 5.82 Å². The number of hydrogen-bond acceptors (Lipinski definition) is 5. The number of nitrogens with one attached hydrogen (secondary N) is 1. The van der Waals surface area contributed by atoms with Gasteiger partial charge in [-0.2, -0.15) is 0 Å². The Labute approximate surface area is 129 Å². The van der Waals surface area contributed by atoms with Crippen molar-refractivity contribution in [1.29, 1.82) is 0 Å². The summed E-state index contributed by atoms with van der Waals surface area (Å²) in [5, 5.41) is 11.0. The number of aromatic nitrogens is 2. The standard InChI is InChI=1S/C16H20N4O2/c1-12-6-8-20(9-7-12)15-5-4-14(18-19-15)16(21)17-11-13-3-2-10-22-13/h2-5,10,12H,6-9,11H2,1H3,(H,17,21). The molecule has 0 bridgehead atoms. The van der Waals surface area contributed by atoms with Gasteiger partial charge in [0.1, 0.15) is 5.76 Å². The lowest BCUT2D eigenvalue weighted by Gasteiger charge is -2.30. The maximum atomic E-state index is 12.0. The average molecular weight is 300 g/mol. The van der Waals surface area contributed by atoms with Crippen molar-refractivity contribution < 1.29 is 9.21 Å². The fourth-order valence-electron chi connectivity index (χ4n) is 2.52. The first kappa shape index (κ1) is 14.6. The molecule has 6 nitrogen and oxygen atoms in total. The molecular formula is C16H20N4O2. The summed E-state index contributed by atoms with van der Waals surface area (Å²) in [5.74, 6) is 2.08. The maximum Gasteiger partial charge on any atom is 0.272 e. The van der Waals surface area contributed by atoms with Gasteiger partial charge in [0.2, 0.25) is 0 Å². The number of anilines is 1. The molecule has 0 atom stereocenters. The van der Waals surface area contributed by atoms with Crippen molar-refractivity contribution in [2.45, 2.75) is 26.3 Å². The van der Waals surface area contributed by atoms with Gasteiger partial charge in [-0.3, -0.25) is 4.79 Å². The van der Waals surface area contributed by atoms with Crippen LogP contribution in [0.3, 0.4) is 0 Å². The number of rotatable bonds is 4. The van der Waals surface area contributed by atoms with Gasteiger partial charge in [0.15, 0.2) is 11.5 Å². The van der Waals surface area contributed by atoms with E-state index in [1.807, 2.05) is 12.1 Å². The van der Waals surface area contributed by atoms with Crippen LogP contribution in [0.2, 0.25) is 0 Å². The topological polar surface area (TPSA) is 71.3 Å². The van der Waals surface area contributed by atoms with Crippen LogP contribution >= 0.6 is 0 Å². The second-order valence-corrected chi connectivity index (χ2v) is 5.71. The number of furan rings is 1. The Kier molecular flexibility index (Phi) is 4.37. The summed E-state index contributed by atoms with van der Waals surface area (Å²) in [6.45, 7) is 4.62. The molecule has 2 aromatic rings. The lowest BCUT2D eigenvalue weighted by molar-refractivity contribution is 0.0942. The number of piperidine rings is 1. The monoisotopic (exact) mass is 300 g/mol. The lowest BCUT2D eigenvalue weighted by atomic mass is 9.99. The van der Waals surface area contributed by atoms with Crippen LogP contribution in [0.25, 0.3) is 0 Å². The molecule has 1 fully saturated rings. The molecule has 1 aliphatic rings. The second kappa shape index (κ2) is 6.60. The Morgan fingerprint density at radius 1 is 1.32 bits per heavy atom. The lowest BCUT2D eigenvalue weighted by Crippen LogP contribution is -2.33. The third-order valence-electron chi connectivity index (χ3n) is 3.99. The zero-order valence-corrected chi connectivity index (χ0v) is 12.7. The van der Waals surface area contributed by atoms with Gasteiger partial charge in [0, 0.05) is 13.1 Å². The van der Waals surface area contributed by atoms with Gasteiger partial charge in [0.05, 0.1) is 12.8 Å². The van der Waals surface area contributed by atoms with Gasteiger partial charge in [-0.15, -0.1) is 10.2 Å². The summed E-state index contributed by atoms with van der Waals surface area (Å²) in [5.41, 5.74) is 0.320. The fourth-order valence-corrected chi connectivity index (χ4v) is 2.52. The SMILES string of the molecule is CC1CCN(c2ccc(C(=O)NCc3ccco3)nn2)CC1. The molecule has 3 heterocycles. The molecule has 116 valence electrons. The van der Waals surface area contributed by atoms with Crippen LogP contribution in [0, 0.1) is 5.92 Å². The quantitative estimate of drug-likeness (QED) is 0.937. The third kappa shape index (κ3) is 3.44. The van der Waals surface area contributed by atoms with E-state index in [-0.39, 0.29) is 5.91 Å². The minimum Gasteiger partial charge on any atom is -0.467 e. The van der Waals surface area contributed by atoms with Gasteiger partial charge in [-0.25, -0.2) is 0 Å². The van der Waals surface area contributed by atoms with E-state index in [4.69, 9.17) is 4.42 Å². The Morgan fingerprint density at radius 2 is 2.14 bits per heavy atom. The van der Waals surface area contributed by atoms with E-state index < -0.39 is 0 Å². The zero-order valence-electron chi connectivity index (χ0n) is 12.7. The smallest absolute Gasteiger partial charge is 0.272 e. The summed E-state index contributed by atoms with van der Waals surface area (Å²) >= 11 is 0. The molecule has 22 heavy (non-hydrogen) atoms. The van der Waals surface area contributed by atoms with Crippen molar-refractivity contribution in [2.24, 2.45) is 5.92 Å². The van der Waals surface area contributed by atoms with Crippen LogP contribution in [0.15, 0.2) is 34.9 Å². The number of hydrogen-bond donors (Lipinski definition) is 1. The van der Waals surface area contributed by atoms with Crippen molar-refractivity contribution in [2.75, 3.05) is 18.0 Å². The van der Waals surface area contributed by atoms with E-state index in [0.29, 0.717) is 18.0 Å². The number of amides is 1. The second-order valence-electron chi connectivity index (χ2n) is 5.71. The molecule has 1 saturated heterocycles. The Morgan fingerprint density at radius 3 is 2.77 bits per heavy atom. The molecule has 0 saturated carbocycles.